The predicted molar refractivity (Wildman–Crippen MR) is 150 cm³/mol. The summed E-state index contributed by atoms with van der Waals surface area (Å²) in [5.41, 5.74) is 0.575. The number of nitrogens with zero attached hydrogens (tertiary/aromatic N) is 5. The molecular formula is C26H28Cl2F3N7O3. The number of carbonyl (C=O) groups is 2. The Labute approximate surface area is 244 Å². The van der Waals surface area contributed by atoms with Crippen molar-refractivity contribution in [3.8, 4) is 0 Å². The van der Waals surface area contributed by atoms with E-state index < -0.39 is 24.2 Å². The van der Waals surface area contributed by atoms with Crippen LogP contribution in [0.4, 0.5) is 35.2 Å². The third-order valence-corrected chi connectivity index (χ3v) is 7.72. The van der Waals surface area contributed by atoms with Gasteiger partial charge in [0.15, 0.2) is 6.04 Å². The van der Waals surface area contributed by atoms with Crippen molar-refractivity contribution < 1.29 is 27.5 Å². The summed E-state index contributed by atoms with van der Waals surface area (Å²) in [7, 11) is 0. The first-order valence-corrected chi connectivity index (χ1v) is 13.9. The highest BCUT2D eigenvalue weighted by Gasteiger charge is 2.54. The highest BCUT2D eigenvalue weighted by molar-refractivity contribution is 6.39. The summed E-state index contributed by atoms with van der Waals surface area (Å²) >= 11 is 12.3. The van der Waals surface area contributed by atoms with Crippen LogP contribution in [-0.4, -0.2) is 90.3 Å². The Morgan fingerprint density at radius 2 is 1.59 bits per heavy atom. The maximum Gasteiger partial charge on any atom is 0.415 e. The number of hydrogen-bond acceptors (Lipinski definition) is 7. The summed E-state index contributed by atoms with van der Waals surface area (Å²) in [5, 5.41) is 5.89. The minimum Gasteiger partial charge on any atom is -0.449 e. The van der Waals surface area contributed by atoms with E-state index in [1.54, 1.807) is 40.1 Å². The molecule has 2 saturated heterocycles. The number of urea groups is 1. The largest absolute Gasteiger partial charge is 0.449 e. The first-order chi connectivity index (χ1) is 19.6. The minimum absolute atomic E-state index is 0.136. The molecule has 4 heterocycles. The molecule has 0 saturated carbocycles. The van der Waals surface area contributed by atoms with Gasteiger partial charge in [-0.1, -0.05) is 29.3 Å². The van der Waals surface area contributed by atoms with Crippen LogP contribution in [0, 0.1) is 0 Å². The standard InChI is InChI=1S/C26H28Cl2F3N7O3/c27-17-5-4-6-18(28)20(17)34-24(40)37-13-11-36(12-14-37)19-8-7-16(15-32-19)33-23(39)21-22(26(29,30)31)35-25(41-21)38-9-2-1-3-10-38/h4-8,15,21-22H,1-3,9-14H2,(H,33,39)(H,34,40). The van der Waals surface area contributed by atoms with E-state index in [2.05, 4.69) is 20.6 Å². The molecule has 1 aromatic heterocycles. The first kappa shape index (κ1) is 29.1. The lowest BCUT2D eigenvalue weighted by Gasteiger charge is -2.35. The Morgan fingerprint density at radius 3 is 2.20 bits per heavy atom. The van der Waals surface area contributed by atoms with Crippen molar-refractivity contribution in [3.05, 3.63) is 46.6 Å². The molecule has 10 nitrogen and oxygen atoms in total. The number of piperazine rings is 1. The number of likely N-dealkylation sites (tertiary alicyclic amines) is 1. The molecule has 3 aliphatic heterocycles. The van der Waals surface area contributed by atoms with Crippen LogP contribution in [0.15, 0.2) is 41.5 Å². The number of pyridine rings is 1. The van der Waals surface area contributed by atoms with Gasteiger partial charge < -0.3 is 30.1 Å². The van der Waals surface area contributed by atoms with Gasteiger partial charge in [-0.2, -0.15) is 13.2 Å². The maximum absolute atomic E-state index is 13.7. The van der Waals surface area contributed by atoms with E-state index in [4.69, 9.17) is 27.9 Å². The lowest BCUT2D eigenvalue weighted by Crippen LogP contribution is -2.50. The van der Waals surface area contributed by atoms with Crippen LogP contribution in [0.3, 0.4) is 0 Å². The lowest BCUT2D eigenvalue weighted by molar-refractivity contribution is -0.165. The topological polar surface area (TPSA) is 102 Å². The second-order valence-corrected chi connectivity index (χ2v) is 10.7. The van der Waals surface area contributed by atoms with E-state index in [0.29, 0.717) is 60.8 Å². The number of amides is 3. The zero-order chi connectivity index (χ0) is 29.1. The SMILES string of the molecule is O=C(Nc1ccc(N2CCN(C(=O)Nc3c(Cl)cccc3Cl)CC2)nc1)C1OC(N2CCCCC2)=NC1C(F)(F)F. The number of aromatic nitrogens is 1. The number of carbonyl (C=O) groups excluding carboxylic acids is 2. The summed E-state index contributed by atoms with van der Waals surface area (Å²) in [6.07, 6.45) is -2.55. The van der Waals surface area contributed by atoms with Crippen LogP contribution < -0.4 is 15.5 Å². The van der Waals surface area contributed by atoms with E-state index in [9.17, 15) is 22.8 Å². The number of rotatable bonds is 4. The Hall–Kier alpha value is -3.45. The quantitative estimate of drug-likeness (QED) is 0.511. The smallest absolute Gasteiger partial charge is 0.415 e. The fraction of sp³-hybridized carbons (Fsp3) is 0.462. The Kier molecular flexibility index (Phi) is 8.64. The minimum atomic E-state index is -4.74. The molecule has 2 unspecified atom stereocenters. The third kappa shape index (κ3) is 6.72. The molecule has 0 spiro atoms. The van der Waals surface area contributed by atoms with E-state index in [1.165, 1.54) is 6.20 Å². The van der Waals surface area contributed by atoms with Crippen molar-refractivity contribution >= 4 is 58.4 Å². The van der Waals surface area contributed by atoms with Gasteiger partial charge in [-0.3, -0.25) is 4.79 Å². The van der Waals surface area contributed by atoms with Gasteiger partial charge in [-0.05, 0) is 43.5 Å². The highest BCUT2D eigenvalue weighted by Crippen LogP contribution is 2.33. The molecular weight excluding hydrogens is 586 g/mol. The molecule has 0 aliphatic carbocycles. The molecule has 5 rings (SSSR count). The van der Waals surface area contributed by atoms with Crippen molar-refractivity contribution in [1.82, 2.24) is 14.8 Å². The average Bonchev–Trinajstić information content (AvgIpc) is 3.43. The van der Waals surface area contributed by atoms with Crippen LogP contribution in [0.2, 0.25) is 10.0 Å². The highest BCUT2D eigenvalue weighted by atomic mass is 35.5. The molecule has 220 valence electrons. The molecule has 2 fully saturated rings. The maximum atomic E-state index is 13.7. The Morgan fingerprint density at radius 1 is 0.902 bits per heavy atom. The number of hydrogen-bond donors (Lipinski definition) is 2. The Balaban J connectivity index is 1.15. The molecule has 2 N–H and O–H groups in total. The molecule has 0 radical (unpaired) electrons. The number of nitrogens with one attached hydrogen (secondary N) is 2. The van der Waals surface area contributed by atoms with Gasteiger partial charge in [0.1, 0.15) is 5.82 Å². The normalized spacial score (nSPS) is 21.3. The van der Waals surface area contributed by atoms with Crippen molar-refractivity contribution in [2.45, 2.75) is 37.6 Å². The number of anilines is 3. The van der Waals surface area contributed by atoms with E-state index in [1.807, 2.05) is 4.90 Å². The number of benzene rings is 1. The van der Waals surface area contributed by atoms with E-state index in [0.717, 1.165) is 19.3 Å². The van der Waals surface area contributed by atoms with Crippen LogP contribution in [0.25, 0.3) is 0 Å². The number of ether oxygens (including phenoxy) is 1. The number of amidine groups is 1. The summed E-state index contributed by atoms with van der Waals surface area (Å²) < 4.78 is 46.5. The number of para-hydroxylation sites is 1. The second kappa shape index (κ2) is 12.2. The monoisotopic (exact) mass is 613 g/mol. The van der Waals surface area contributed by atoms with Gasteiger partial charge in [-0.15, -0.1) is 0 Å². The van der Waals surface area contributed by atoms with E-state index >= 15 is 0 Å². The molecule has 2 aromatic rings. The van der Waals surface area contributed by atoms with Gasteiger partial charge in [-0.25, -0.2) is 14.8 Å². The summed E-state index contributed by atoms with van der Waals surface area (Å²) in [6.45, 7) is 2.87. The molecule has 41 heavy (non-hydrogen) atoms. The predicted octanol–water partition coefficient (Wildman–Crippen LogP) is 4.85. The van der Waals surface area contributed by atoms with Crippen molar-refractivity contribution in [2.75, 3.05) is 54.8 Å². The molecule has 3 amide bonds. The van der Waals surface area contributed by atoms with E-state index in [-0.39, 0.29) is 17.7 Å². The van der Waals surface area contributed by atoms with Gasteiger partial charge in [0.05, 0.1) is 27.6 Å². The van der Waals surface area contributed by atoms with Crippen molar-refractivity contribution in [2.24, 2.45) is 4.99 Å². The zero-order valence-corrected chi connectivity index (χ0v) is 23.3. The number of piperidine rings is 1. The van der Waals surface area contributed by atoms with Gasteiger partial charge in [0.2, 0.25) is 6.10 Å². The average molecular weight is 614 g/mol. The molecule has 3 aliphatic rings. The first-order valence-electron chi connectivity index (χ1n) is 13.2. The van der Waals surface area contributed by atoms with Gasteiger partial charge >= 0.3 is 12.2 Å². The second-order valence-electron chi connectivity index (χ2n) is 9.88. The Bertz CT molecular complexity index is 1280. The van der Waals surface area contributed by atoms with Crippen molar-refractivity contribution in [1.29, 1.82) is 0 Å². The molecule has 15 heteroatoms. The van der Waals surface area contributed by atoms with Crippen LogP contribution in [-0.2, 0) is 9.53 Å². The summed E-state index contributed by atoms with van der Waals surface area (Å²) in [5.74, 6) is -0.353. The fourth-order valence-corrected chi connectivity index (χ4v) is 5.37. The number of alkyl halides is 3. The number of aliphatic imine (C=N–C) groups is 1. The van der Waals surface area contributed by atoms with Gasteiger partial charge in [0, 0.05) is 39.3 Å². The summed E-state index contributed by atoms with van der Waals surface area (Å²) in [4.78, 5) is 38.8. The fourth-order valence-electron chi connectivity index (χ4n) is 4.88. The van der Waals surface area contributed by atoms with Crippen LogP contribution in [0.5, 0.6) is 0 Å². The van der Waals surface area contributed by atoms with Crippen LogP contribution in [0.1, 0.15) is 19.3 Å². The molecule has 2 atom stereocenters. The molecule has 1 aromatic carbocycles. The molecule has 0 bridgehead atoms. The van der Waals surface area contributed by atoms with Gasteiger partial charge in [0.25, 0.3) is 11.9 Å². The van der Waals surface area contributed by atoms with Crippen LogP contribution >= 0.6 is 23.2 Å². The van der Waals surface area contributed by atoms with Crippen molar-refractivity contribution in [3.63, 3.8) is 0 Å². The summed E-state index contributed by atoms with van der Waals surface area (Å²) in [6, 6.07) is 5.42. The third-order valence-electron chi connectivity index (χ3n) is 7.09. The zero-order valence-electron chi connectivity index (χ0n) is 21.8. The number of halogens is 5. The lowest BCUT2D eigenvalue weighted by atomic mass is 10.1.